The van der Waals surface area contributed by atoms with Crippen molar-refractivity contribution in [2.45, 2.75) is 57.1 Å². The molecule has 1 amide bonds. The molecule has 3 fully saturated rings. The first-order valence-electron chi connectivity index (χ1n) is 10.3. The summed E-state index contributed by atoms with van der Waals surface area (Å²) in [5.41, 5.74) is -0.353. The smallest absolute Gasteiger partial charge is 0.232 e. The van der Waals surface area contributed by atoms with Gasteiger partial charge >= 0.3 is 0 Å². The number of hydrogen-bond donors (Lipinski definition) is 1. The molecule has 1 spiro atoms. The van der Waals surface area contributed by atoms with Crippen molar-refractivity contribution in [2.75, 3.05) is 38.8 Å². The molecule has 0 bridgehead atoms. The second kappa shape index (κ2) is 7.73. The van der Waals surface area contributed by atoms with E-state index in [4.69, 9.17) is 9.47 Å². The molecule has 1 N–H and O–H groups in total. The Labute approximate surface area is 165 Å². The second-order valence-electron chi connectivity index (χ2n) is 8.27. The maximum Gasteiger partial charge on any atom is 0.232 e. The zero-order valence-corrected chi connectivity index (χ0v) is 16.8. The lowest BCUT2D eigenvalue weighted by atomic mass is 9.78. The minimum Gasteiger partial charge on any atom is -0.481 e. The van der Waals surface area contributed by atoms with Crippen LogP contribution in [0.15, 0.2) is 6.07 Å². The Balaban J connectivity index is 1.51. The number of carbonyl (C=O) groups is 1. The van der Waals surface area contributed by atoms with Gasteiger partial charge in [-0.15, -0.1) is 0 Å². The monoisotopic (exact) mass is 390 g/mol. The number of ether oxygens (including phenoxy) is 2. The number of piperidine rings is 1. The number of likely N-dealkylation sites (tertiary alicyclic amines) is 1. The molecule has 1 aromatic heterocycles. The van der Waals surface area contributed by atoms with Crippen LogP contribution < -0.4 is 14.4 Å². The number of aromatic nitrogens is 2. The number of amides is 1. The summed E-state index contributed by atoms with van der Waals surface area (Å²) in [4.78, 5) is 26.6. The average Bonchev–Trinajstić information content (AvgIpc) is 3.03. The Hall–Kier alpha value is -2.09. The maximum atomic E-state index is 13.4. The van der Waals surface area contributed by atoms with E-state index in [-0.39, 0.29) is 23.5 Å². The lowest BCUT2D eigenvalue weighted by Crippen LogP contribution is -2.50. The summed E-state index contributed by atoms with van der Waals surface area (Å²) in [5.74, 6) is 1.75. The van der Waals surface area contributed by atoms with Gasteiger partial charge in [0.1, 0.15) is 0 Å². The number of hydrogen-bond acceptors (Lipinski definition) is 7. The molecule has 0 aromatic carbocycles. The largest absolute Gasteiger partial charge is 0.481 e. The van der Waals surface area contributed by atoms with Crippen LogP contribution in [0.1, 0.15) is 44.9 Å². The number of aliphatic hydroxyl groups is 1. The first kappa shape index (κ1) is 19.2. The number of aliphatic hydroxyl groups excluding tert-OH is 1. The molecule has 28 heavy (non-hydrogen) atoms. The van der Waals surface area contributed by atoms with Crippen LogP contribution >= 0.6 is 0 Å². The number of carbonyl (C=O) groups excluding carboxylic acids is 1. The van der Waals surface area contributed by atoms with Gasteiger partial charge in [0.15, 0.2) is 0 Å². The topological polar surface area (TPSA) is 88.0 Å². The summed E-state index contributed by atoms with van der Waals surface area (Å²) in [6.45, 7) is 2.27. The van der Waals surface area contributed by atoms with Crippen molar-refractivity contribution in [1.82, 2.24) is 14.9 Å². The third kappa shape index (κ3) is 3.50. The molecular weight excluding hydrogens is 360 g/mol. The summed E-state index contributed by atoms with van der Waals surface area (Å²) in [6.07, 6.45) is 5.93. The van der Waals surface area contributed by atoms with Crippen molar-refractivity contribution < 1.29 is 19.4 Å². The van der Waals surface area contributed by atoms with Gasteiger partial charge in [-0.05, 0) is 44.9 Å². The van der Waals surface area contributed by atoms with Gasteiger partial charge in [0, 0.05) is 25.7 Å². The van der Waals surface area contributed by atoms with Crippen molar-refractivity contribution >= 4 is 11.9 Å². The average molecular weight is 390 g/mol. The molecule has 3 heterocycles. The van der Waals surface area contributed by atoms with Crippen molar-refractivity contribution in [1.29, 1.82) is 0 Å². The standard InChI is InChI=1S/C20H30N4O4/c1-27-16-12-17(28-2)22-19(21-16)23-10-3-8-20(13-23)9-11-24(18(20)26)14-4-6-15(25)7-5-14/h12,14-15,25H,3-11,13H2,1-2H3/t14-,15-,20?. The summed E-state index contributed by atoms with van der Waals surface area (Å²) < 4.78 is 10.6. The fourth-order valence-electron chi connectivity index (χ4n) is 4.99. The molecule has 2 aliphatic heterocycles. The minimum absolute atomic E-state index is 0.201. The van der Waals surface area contributed by atoms with Gasteiger partial charge < -0.3 is 24.4 Å². The molecule has 4 rings (SSSR count). The lowest BCUT2D eigenvalue weighted by Gasteiger charge is -2.40. The van der Waals surface area contributed by atoms with Crippen molar-refractivity contribution in [2.24, 2.45) is 5.41 Å². The predicted octanol–water partition coefficient (Wildman–Crippen LogP) is 1.62. The van der Waals surface area contributed by atoms with E-state index < -0.39 is 0 Å². The highest BCUT2D eigenvalue weighted by molar-refractivity contribution is 5.86. The van der Waals surface area contributed by atoms with Crippen LogP contribution in [-0.2, 0) is 4.79 Å². The molecule has 1 atom stereocenters. The number of nitrogens with zero attached hydrogens (tertiary/aromatic N) is 4. The van der Waals surface area contributed by atoms with Crippen molar-refractivity contribution in [3.8, 4) is 11.8 Å². The summed E-state index contributed by atoms with van der Waals surface area (Å²) >= 11 is 0. The first-order chi connectivity index (χ1) is 13.5. The molecule has 2 saturated heterocycles. The molecule has 1 unspecified atom stereocenters. The molecule has 8 heteroatoms. The van der Waals surface area contributed by atoms with E-state index in [0.29, 0.717) is 24.3 Å². The normalized spacial score (nSPS) is 30.8. The van der Waals surface area contributed by atoms with Crippen LogP contribution in [0.2, 0.25) is 0 Å². The molecule has 8 nitrogen and oxygen atoms in total. The highest BCUT2D eigenvalue weighted by atomic mass is 16.5. The molecule has 1 aromatic rings. The summed E-state index contributed by atoms with van der Waals surface area (Å²) in [5, 5.41) is 9.78. The summed E-state index contributed by atoms with van der Waals surface area (Å²) in [6, 6.07) is 1.93. The van der Waals surface area contributed by atoms with E-state index in [1.165, 1.54) is 0 Å². The molecule has 154 valence electrons. The SMILES string of the molecule is COc1cc(OC)nc(N2CCCC3(CCN([C@H]4CC[C@H](O)CC4)C3=O)C2)n1. The Morgan fingerprint density at radius 1 is 1.07 bits per heavy atom. The van der Waals surface area contributed by atoms with Gasteiger partial charge in [-0.3, -0.25) is 4.79 Å². The van der Waals surface area contributed by atoms with Gasteiger partial charge in [0.05, 0.1) is 31.8 Å². The van der Waals surface area contributed by atoms with E-state index in [9.17, 15) is 9.90 Å². The fourth-order valence-corrected chi connectivity index (χ4v) is 4.99. The highest BCUT2D eigenvalue weighted by Gasteiger charge is 2.51. The molecule has 1 aliphatic carbocycles. The zero-order chi connectivity index (χ0) is 19.7. The number of methoxy groups -OCH3 is 2. The Kier molecular flexibility index (Phi) is 5.31. The maximum absolute atomic E-state index is 13.4. The quantitative estimate of drug-likeness (QED) is 0.836. The predicted molar refractivity (Wildman–Crippen MR) is 104 cm³/mol. The van der Waals surface area contributed by atoms with Gasteiger partial charge in [-0.2, -0.15) is 9.97 Å². The lowest BCUT2D eigenvalue weighted by molar-refractivity contribution is -0.139. The van der Waals surface area contributed by atoms with Crippen LogP contribution in [0.3, 0.4) is 0 Å². The van der Waals surface area contributed by atoms with Crippen LogP contribution in [-0.4, -0.2) is 71.9 Å². The van der Waals surface area contributed by atoms with Gasteiger partial charge in [-0.1, -0.05) is 0 Å². The molecule has 0 radical (unpaired) electrons. The Morgan fingerprint density at radius 2 is 1.75 bits per heavy atom. The summed E-state index contributed by atoms with van der Waals surface area (Å²) in [7, 11) is 3.14. The van der Waals surface area contributed by atoms with E-state index in [1.54, 1.807) is 20.3 Å². The minimum atomic E-state index is -0.353. The number of rotatable bonds is 4. The van der Waals surface area contributed by atoms with Crippen LogP contribution in [0.5, 0.6) is 11.8 Å². The van der Waals surface area contributed by atoms with Crippen LogP contribution in [0.25, 0.3) is 0 Å². The fraction of sp³-hybridized carbons (Fsp3) is 0.750. The Bertz CT molecular complexity index is 700. The second-order valence-corrected chi connectivity index (χ2v) is 8.27. The van der Waals surface area contributed by atoms with E-state index >= 15 is 0 Å². The highest BCUT2D eigenvalue weighted by Crippen LogP contribution is 2.43. The van der Waals surface area contributed by atoms with E-state index in [1.807, 2.05) is 0 Å². The third-order valence-corrected chi connectivity index (χ3v) is 6.60. The molecule has 3 aliphatic rings. The van der Waals surface area contributed by atoms with Gasteiger partial charge in [0.25, 0.3) is 0 Å². The molecular formula is C20H30N4O4. The van der Waals surface area contributed by atoms with E-state index in [2.05, 4.69) is 19.8 Å². The van der Waals surface area contributed by atoms with Crippen molar-refractivity contribution in [3.63, 3.8) is 0 Å². The molecule has 1 saturated carbocycles. The van der Waals surface area contributed by atoms with Crippen molar-refractivity contribution in [3.05, 3.63) is 6.07 Å². The van der Waals surface area contributed by atoms with Crippen LogP contribution in [0.4, 0.5) is 5.95 Å². The van der Waals surface area contributed by atoms with Gasteiger partial charge in [0.2, 0.25) is 23.6 Å². The Morgan fingerprint density at radius 3 is 2.39 bits per heavy atom. The third-order valence-electron chi connectivity index (χ3n) is 6.60. The van der Waals surface area contributed by atoms with E-state index in [0.717, 1.165) is 58.0 Å². The number of anilines is 1. The van der Waals surface area contributed by atoms with Gasteiger partial charge in [-0.25, -0.2) is 0 Å². The zero-order valence-electron chi connectivity index (χ0n) is 16.8. The first-order valence-corrected chi connectivity index (χ1v) is 10.3. The van der Waals surface area contributed by atoms with Crippen LogP contribution in [0, 0.1) is 5.41 Å².